The first-order valence-electron chi connectivity index (χ1n) is 5.37. The number of hydrogen-bond donors (Lipinski definition) is 2. The van der Waals surface area contributed by atoms with Gasteiger partial charge < -0.3 is 11.1 Å². The van der Waals surface area contributed by atoms with Crippen LogP contribution in [0.5, 0.6) is 0 Å². The minimum Gasteiger partial charge on any atom is -0.402 e. The molecule has 0 bridgehead atoms. The van der Waals surface area contributed by atoms with Gasteiger partial charge in [0.25, 0.3) is 0 Å². The van der Waals surface area contributed by atoms with Crippen molar-refractivity contribution >= 4 is 5.71 Å². The van der Waals surface area contributed by atoms with Crippen molar-refractivity contribution in [1.82, 2.24) is 0 Å². The normalized spacial score (nSPS) is 13.8. The molecule has 0 radical (unpaired) electrons. The zero-order valence-corrected chi connectivity index (χ0v) is 10.3. The molecule has 2 heteroatoms. The monoisotopic (exact) mass is 196 g/mol. The molecule has 0 atom stereocenters. The Bertz CT molecular complexity index is 235. The lowest BCUT2D eigenvalue weighted by atomic mass is 9.87. The maximum atomic E-state index is 8.02. The summed E-state index contributed by atoms with van der Waals surface area (Å²) in [5, 5.41) is 8.02. The van der Waals surface area contributed by atoms with Gasteiger partial charge in [-0.15, -0.1) is 0 Å². The van der Waals surface area contributed by atoms with Crippen molar-refractivity contribution in [3.8, 4) is 0 Å². The van der Waals surface area contributed by atoms with Crippen LogP contribution < -0.4 is 5.73 Å². The Kier molecular flexibility index (Phi) is 4.89. The Morgan fingerprint density at radius 2 is 1.29 bits per heavy atom. The van der Waals surface area contributed by atoms with Crippen LogP contribution in [-0.2, 0) is 0 Å². The van der Waals surface area contributed by atoms with Crippen LogP contribution in [0.4, 0.5) is 0 Å². The molecule has 0 fully saturated rings. The first-order chi connectivity index (χ1) is 6.29. The summed E-state index contributed by atoms with van der Waals surface area (Å²) in [5.41, 5.74) is 8.64. The van der Waals surface area contributed by atoms with E-state index in [2.05, 4.69) is 27.7 Å². The van der Waals surface area contributed by atoms with Gasteiger partial charge in [-0.05, 0) is 23.3 Å². The molecule has 0 heterocycles. The second-order valence-electron chi connectivity index (χ2n) is 4.75. The minimum atomic E-state index is 0.254. The van der Waals surface area contributed by atoms with E-state index in [-0.39, 0.29) is 5.92 Å². The fourth-order valence-electron chi connectivity index (χ4n) is 1.42. The molecule has 0 aromatic heterocycles. The number of nitrogens with two attached hydrogens (primary N) is 1. The van der Waals surface area contributed by atoms with Crippen molar-refractivity contribution in [3.05, 3.63) is 11.3 Å². The highest BCUT2D eigenvalue weighted by Crippen LogP contribution is 2.21. The van der Waals surface area contributed by atoms with Crippen molar-refractivity contribution in [2.24, 2.45) is 23.5 Å². The molecule has 3 N–H and O–H groups in total. The summed E-state index contributed by atoms with van der Waals surface area (Å²) in [6, 6.07) is 0. The zero-order valence-electron chi connectivity index (χ0n) is 10.3. The quantitative estimate of drug-likeness (QED) is 0.667. The van der Waals surface area contributed by atoms with Gasteiger partial charge in [0.05, 0.1) is 0 Å². The average molecular weight is 196 g/mol. The van der Waals surface area contributed by atoms with E-state index in [9.17, 15) is 0 Å². The van der Waals surface area contributed by atoms with Crippen LogP contribution in [0.3, 0.4) is 0 Å². The first-order valence-corrected chi connectivity index (χ1v) is 5.37. The molecule has 2 nitrogen and oxygen atoms in total. The zero-order chi connectivity index (χ0) is 11.5. The van der Waals surface area contributed by atoms with Gasteiger partial charge in [-0.1, -0.05) is 41.5 Å². The molecule has 0 saturated heterocycles. The summed E-state index contributed by atoms with van der Waals surface area (Å²) in [7, 11) is 0. The third-order valence-corrected chi connectivity index (χ3v) is 2.38. The number of hydrogen-bond acceptors (Lipinski definition) is 2. The molecule has 0 rings (SSSR count). The number of nitrogens with one attached hydrogen (secondary N) is 1. The highest BCUT2D eigenvalue weighted by atomic mass is 14.6. The Labute approximate surface area is 88.1 Å². The van der Waals surface area contributed by atoms with Gasteiger partial charge in [0, 0.05) is 11.4 Å². The van der Waals surface area contributed by atoms with E-state index in [1.807, 2.05) is 13.8 Å². The first kappa shape index (κ1) is 13.2. The fraction of sp³-hybridized carbons (Fsp3) is 0.750. The second-order valence-corrected chi connectivity index (χ2v) is 4.75. The Hall–Kier alpha value is -0.790. The SMILES string of the molecule is CC(C)C(=N)/C(=C(\N)C(C)C)C(C)C. The van der Waals surface area contributed by atoms with Gasteiger partial charge in [-0.2, -0.15) is 0 Å². The lowest BCUT2D eigenvalue weighted by Crippen LogP contribution is -2.21. The predicted octanol–water partition coefficient (Wildman–Crippen LogP) is 3.19. The molecule has 0 aliphatic rings. The van der Waals surface area contributed by atoms with Crippen molar-refractivity contribution < 1.29 is 0 Å². The lowest BCUT2D eigenvalue weighted by molar-refractivity contribution is 0.693. The van der Waals surface area contributed by atoms with Crippen LogP contribution in [-0.4, -0.2) is 5.71 Å². The summed E-state index contributed by atoms with van der Waals surface area (Å²) in [5.74, 6) is 0.920. The van der Waals surface area contributed by atoms with E-state index in [4.69, 9.17) is 11.1 Å². The van der Waals surface area contributed by atoms with E-state index in [1.165, 1.54) is 0 Å². The predicted molar refractivity (Wildman–Crippen MR) is 63.5 cm³/mol. The van der Waals surface area contributed by atoms with Crippen molar-refractivity contribution in [3.63, 3.8) is 0 Å². The summed E-state index contributed by atoms with van der Waals surface area (Å²) in [4.78, 5) is 0. The van der Waals surface area contributed by atoms with Crippen LogP contribution in [0.1, 0.15) is 41.5 Å². The topological polar surface area (TPSA) is 49.9 Å². The maximum Gasteiger partial charge on any atom is 0.0391 e. The molecular formula is C12H24N2. The third-order valence-electron chi connectivity index (χ3n) is 2.38. The van der Waals surface area contributed by atoms with Gasteiger partial charge in [-0.25, -0.2) is 0 Å². The van der Waals surface area contributed by atoms with E-state index in [0.29, 0.717) is 17.5 Å². The summed E-state index contributed by atoms with van der Waals surface area (Å²) in [6.45, 7) is 12.4. The van der Waals surface area contributed by atoms with Crippen LogP contribution in [0.25, 0.3) is 0 Å². The van der Waals surface area contributed by atoms with E-state index >= 15 is 0 Å². The van der Waals surface area contributed by atoms with Crippen LogP contribution >= 0.6 is 0 Å². The third kappa shape index (κ3) is 3.17. The minimum absolute atomic E-state index is 0.254. The molecule has 0 aromatic rings. The van der Waals surface area contributed by atoms with Gasteiger partial charge in [0.15, 0.2) is 0 Å². The largest absolute Gasteiger partial charge is 0.402 e. The fourth-order valence-corrected chi connectivity index (χ4v) is 1.42. The number of rotatable bonds is 4. The Balaban J connectivity index is 5.15. The van der Waals surface area contributed by atoms with Crippen LogP contribution in [0.2, 0.25) is 0 Å². The molecule has 0 spiro atoms. The van der Waals surface area contributed by atoms with Gasteiger partial charge in [0.2, 0.25) is 0 Å². The van der Waals surface area contributed by atoms with E-state index < -0.39 is 0 Å². The second kappa shape index (κ2) is 5.18. The van der Waals surface area contributed by atoms with Gasteiger partial charge >= 0.3 is 0 Å². The Morgan fingerprint density at radius 3 is 1.50 bits per heavy atom. The van der Waals surface area contributed by atoms with E-state index in [1.54, 1.807) is 0 Å². The summed E-state index contributed by atoms with van der Waals surface area (Å²) < 4.78 is 0. The van der Waals surface area contributed by atoms with Crippen LogP contribution in [0.15, 0.2) is 11.3 Å². The average Bonchev–Trinajstić information content (AvgIpc) is 2.03. The van der Waals surface area contributed by atoms with Crippen molar-refractivity contribution in [1.29, 1.82) is 5.41 Å². The highest BCUT2D eigenvalue weighted by molar-refractivity contribution is 6.00. The summed E-state index contributed by atoms with van der Waals surface area (Å²) >= 11 is 0. The highest BCUT2D eigenvalue weighted by Gasteiger charge is 2.17. The van der Waals surface area contributed by atoms with Gasteiger partial charge in [0.1, 0.15) is 0 Å². The molecule has 14 heavy (non-hydrogen) atoms. The molecule has 0 saturated carbocycles. The molecule has 0 aromatic carbocycles. The Morgan fingerprint density at radius 1 is 0.857 bits per heavy atom. The lowest BCUT2D eigenvalue weighted by Gasteiger charge is -2.20. The molecule has 0 amide bonds. The number of allylic oxidation sites excluding steroid dienone is 2. The van der Waals surface area contributed by atoms with Crippen LogP contribution in [0, 0.1) is 23.2 Å². The van der Waals surface area contributed by atoms with Gasteiger partial charge in [-0.3, -0.25) is 0 Å². The molecule has 82 valence electrons. The molecule has 0 unspecified atom stereocenters. The smallest absolute Gasteiger partial charge is 0.0391 e. The standard InChI is InChI=1S/C12H24N2/c1-7(2)10(11(13)8(3)4)12(14)9(5)6/h7-9,13H,14H2,1-6H3/b12-10-,13-11?. The maximum absolute atomic E-state index is 8.02. The van der Waals surface area contributed by atoms with Crippen molar-refractivity contribution in [2.75, 3.05) is 0 Å². The summed E-state index contributed by atoms with van der Waals surface area (Å²) in [6.07, 6.45) is 0. The van der Waals surface area contributed by atoms with E-state index in [0.717, 1.165) is 11.3 Å². The van der Waals surface area contributed by atoms with Crippen molar-refractivity contribution in [2.45, 2.75) is 41.5 Å². The molecular weight excluding hydrogens is 172 g/mol. The molecule has 0 aliphatic heterocycles. The molecule has 0 aliphatic carbocycles.